The van der Waals surface area contributed by atoms with Crippen LogP contribution in [0, 0.1) is 5.82 Å². The number of nitrogens with one attached hydrogen (secondary N) is 1. The number of halogens is 1. The van der Waals surface area contributed by atoms with Crippen LogP contribution in [0.25, 0.3) is 0 Å². The molecule has 6 heteroatoms. The second-order valence-corrected chi connectivity index (χ2v) is 5.78. The number of rotatable bonds is 7. The first kappa shape index (κ1) is 18.4. The van der Waals surface area contributed by atoms with E-state index in [2.05, 4.69) is 5.32 Å². The highest BCUT2D eigenvalue weighted by Gasteiger charge is 2.06. The molecule has 2 amide bonds. The van der Waals surface area contributed by atoms with Gasteiger partial charge in [0.15, 0.2) is 6.61 Å². The third-order valence-electron chi connectivity index (χ3n) is 3.55. The highest BCUT2D eigenvalue weighted by molar-refractivity contribution is 5.90. The van der Waals surface area contributed by atoms with Crippen LogP contribution in [0.1, 0.15) is 12.0 Å². The van der Waals surface area contributed by atoms with E-state index in [-0.39, 0.29) is 24.2 Å². The molecule has 2 aromatic carbocycles. The molecule has 0 aliphatic heterocycles. The Morgan fingerprint density at radius 2 is 1.68 bits per heavy atom. The minimum absolute atomic E-state index is 0.0314. The fourth-order valence-corrected chi connectivity index (χ4v) is 2.04. The third-order valence-corrected chi connectivity index (χ3v) is 3.55. The Balaban J connectivity index is 1.78. The van der Waals surface area contributed by atoms with Crippen LogP contribution in [-0.2, 0) is 16.0 Å². The maximum absolute atomic E-state index is 12.8. The molecule has 0 spiro atoms. The van der Waals surface area contributed by atoms with E-state index in [9.17, 15) is 14.0 Å². The standard InChI is InChI=1S/C19H21FN2O3/c1-22(2)19(24)13-25-17-10-8-16(9-11-17)21-18(23)12-5-14-3-6-15(20)7-4-14/h3-4,6-11H,5,12-13H2,1-2H3,(H,21,23). The molecule has 1 N–H and O–H groups in total. The predicted octanol–water partition coefficient (Wildman–Crippen LogP) is 2.86. The first-order chi connectivity index (χ1) is 11.9. The molecular weight excluding hydrogens is 323 g/mol. The molecule has 25 heavy (non-hydrogen) atoms. The quantitative estimate of drug-likeness (QED) is 0.840. The summed E-state index contributed by atoms with van der Waals surface area (Å²) in [5.74, 6) is 0.0151. The molecule has 0 atom stereocenters. The van der Waals surface area contributed by atoms with E-state index >= 15 is 0 Å². The Bertz CT molecular complexity index is 712. The Labute approximate surface area is 146 Å². The number of amides is 2. The second-order valence-electron chi connectivity index (χ2n) is 5.78. The van der Waals surface area contributed by atoms with E-state index in [0.717, 1.165) is 5.56 Å². The number of anilines is 1. The Hall–Kier alpha value is -2.89. The lowest BCUT2D eigenvalue weighted by Gasteiger charge is -2.11. The van der Waals surface area contributed by atoms with Crippen LogP contribution in [0.2, 0.25) is 0 Å². The molecule has 2 aromatic rings. The van der Waals surface area contributed by atoms with Crippen LogP contribution in [-0.4, -0.2) is 37.4 Å². The molecule has 0 radical (unpaired) electrons. The second kappa shape index (κ2) is 8.82. The molecule has 0 aliphatic carbocycles. The Morgan fingerprint density at radius 3 is 2.28 bits per heavy atom. The molecule has 0 saturated heterocycles. The van der Waals surface area contributed by atoms with E-state index in [0.29, 0.717) is 24.3 Å². The van der Waals surface area contributed by atoms with Crippen LogP contribution < -0.4 is 10.1 Å². The summed E-state index contributed by atoms with van der Waals surface area (Å²) in [6.45, 7) is -0.0314. The van der Waals surface area contributed by atoms with Crippen molar-refractivity contribution in [2.24, 2.45) is 0 Å². The van der Waals surface area contributed by atoms with Gasteiger partial charge in [-0.15, -0.1) is 0 Å². The van der Waals surface area contributed by atoms with Crippen molar-refractivity contribution in [1.29, 1.82) is 0 Å². The Morgan fingerprint density at radius 1 is 1.04 bits per heavy atom. The first-order valence-electron chi connectivity index (χ1n) is 7.91. The molecule has 0 saturated carbocycles. The molecule has 0 bridgehead atoms. The number of carbonyl (C=O) groups excluding carboxylic acids is 2. The number of benzene rings is 2. The largest absolute Gasteiger partial charge is 0.484 e. The maximum atomic E-state index is 12.8. The van der Waals surface area contributed by atoms with Gasteiger partial charge in [0.25, 0.3) is 5.91 Å². The van der Waals surface area contributed by atoms with Gasteiger partial charge < -0.3 is 15.0 Å². The van der Waals surface area contributed by atoms with E-state index in [1.54, 1.807) is 50.5 Å². The monoisotopic (exact) mass is 344 g/mol. The molecule has 5 nitrogen and oxygen atoms in total. The van der Waals surface area contributed by atoms with Crippen molar-refractivity contribution in [3.8, 4) is 5.75 Å². The van der Waals surface area contributed by atoms with Crippen molar-refractivity contribution in [3.63, 3.8) is 0 Å². The van der Waals surface area contributed by atoms with Crippen molar-refractivity contribution in [1.82, 2.24) is 4.90 Å². The zero-order valence-electron chi connectivity index (χ0n) is 14.3. The zero-order valence-corrected chi connectivity index (χ0v) is 14.3. The van der Waals surface area contributed by atoms with Gasteiger partial charge >= 0.3 is 0 Å². The number of carbonyl (C=O) groups is 2. The normalized spacial score (nSPS) is 10.2. The lowest BCUT2D eigenvalue weighted by Crippen LogP contribution is -2.27. The summed E-state index contributed by atoms with van der Waals surface area (Å²) in [7, 11) is 3.33. The molecule has 0 heterocycles. The van der Waals surface area contributed by atoms with Crippen molar-refractivity contribution in [2.45, 2.75) is 12.8 Å². The summed E-state index contributed by atoms with van der Waals surface area (Å²) in [5.41, 5.74) is 1.56. The zero-order chi connectivity index (χ0) is 18.2. The number of aryl methyl sites for hydroxylation is 1. The van der Waals surface area contributed by atoms with Gasteiger partial charge in [-0.05, 0) is 48.4 Å². The van der Waals surface area contributed by atoms with Crippen LogP contribution in [0.5, 0.6) is 5.75 Å². The van der Waals surface area contributed by atoms with E-state index in [1.807, 2.05) is 0 Å². The van der Waals surface area contributed by atoms with Gasteiger partial charge in [0, 0.05) is 26.2 Å². The highest BCUT2D eigenvalue weighted by atomic mass is 19.1. The SMILES string of the molecule is CN(C)C(=O)COc1ccc(NC(=O)CCc2ccc(F)cc2)cc1. The summed E-state index contributed by atoms with van der Waals surface area (Å²) in [6.07, 6.45) is 0.848. The molecular formula is C19H21FN2O3. The number of hydrogen-bond acceptors (Lipinski definition) is 3. The van der Waals surface area contributed by atoms with Crippen LogP contribution in [0.3, 0.4) is 0 Å². The lowest BCUT2D eigenvalue weighted by molar-refractivity contribution is -0.130. The van der Waals surface area contributed by atoms with Gasteiger partial charge in [-0.25, -0.2) is 4.39 Å². The highest BCUT2D eigenvalue weighted by Crippen LogP contribution is 2.16. The molecule has 132 valence electrons. The third kappa shape index (κ3) is 6.25. The lowest BCUT2D eigenvalue weighted by atomic mass is 10.1. The number of nitrogens with zero attached hydrogens (tertiary/aromatic N) is 1. The maximum Gasteiger partial charge on any atom is 0.259 e. The van der Waals surface area contributed by atoms with Crippen molar-refractivity contribution in [3.05, 3.63) is 59.9 Å². The minimum atomic E-state index is -0.289. The molecule has 0 aliphatic rings. The van der Waals surface area contributed by atoms with Gasteiger partial charge in [0.1, 0.15) is 11.6 Å². The fourth-order valence-electron chi connectivity index (χ4n) is 2.04. The molecule has 2 rings (SSSR count). The van der Waals surface area contributed by atoms with Crippen LogP contribution in [0.4, 0.5) is 10.1 Å². The Kier molecular flexibility index (Phi) is 6.51. The summed E-state index contributed by atoms with van der Waals surface area (Å²) < 4.78 is 18.2. The van der Waals surface area contributed by atoms with Crippen LogP contribution in [0.15, 0.2) is 48.5 Å². The van der Waals surface area contributed by atoms with Crippen molar-refractivity contribution >= 4 is 17.5 Å². The number of hydrogen-bond donors (Lipinski definition) is 1. The topological polar surface area (TPSA) is 58.6 Å². The number of ether oxygens (including phenoxy) is 1. The first-order valence-corrected chi connectivity index (χ1v) is 7.91. The van der Waals surface area contributed by atoms with Crippen molar-refractivity contribution < 1.29 is 18.7 Å². The molecule has 0 fully saturated rings. The number of likely N-dealkylation sites (N-methyl/N-ethyl adjacent to an activating group) is 1. The minimum Gasteiger partial charge on any atom is -0.484 e. The summed E-state index contributed by atoms with van der Waals surface area (Å²) in [4.78, 5) is 24.9. The molecule has 0 unspecified atom stereocenters. The van der Waals surface area contributed by atoms with E-state index < -0.39 is 0 Å². The predicted molar refractivity (Wildman–Crippen MR) is 94.0 cm³/mol. The van der Waals surface area contributed by atoms with E-state index in [4.69, 9.17) is 4.74 Å². The average Bonchev–Trinajstić information content (AvgIpc) is 2.60. The van der Waals surface area contributed by atoms with Crippen molar-refractivity contribution in [2.75, 3.05) is 26.0 Å². The van der Waals surface area contributed by atoms with E-state index in [1.165, 1.54) is 17.0 Å². The smallest absolute Gasteiger partial charge is 0.259 e. The van der Waals surface area contributed by atoms with Gasteiger partial charge in [0.2, 0.25) is 5.91 Å². The van der Waals surface area contributed by atoms with Gasteiger partial charge in [-0.3, -0.25) is 9.59 Å². The van der Waals surface area contributed by atoms with Crippen LogP contribution >= 0.6 is 0 Å². The van der Waals surface area contributed by atoms with Gasteiger partial charge in [0.05, 0.1) is 0 Å². The average molecular weight is 344 g/mol. The summed E-state index contributed by atoms with van der Waals surface area (Å²) >= 11 is 0. The summed E-state index contributed by atoms with van der Waals surface area (Å²) in [5, 5.41) is 2.79. The van der Waals surface area contributed by atoms with Gasteiger partial charge in [-0.1, -0.05) is 12.1 Å². The molecule has 0 aromatic heterocycles. The fraction of sp³-hybridized carbons (Fsp3) is 0.263. The van der Waals surface area contributed by atoms with Gasteiger partial charge in [-0.2, -0.15) is 0 Å². The summed E-state index contributed by atoms with van der Waals surface area (Å²) in [6, 6.07) is 12.9.